The summed E-state index contributed by atoms with van der Waals surface area (Å²) in [5.74, 6) is 0.913. The zero-order valence-electron chi connectivity index (χ0n) is 12.4. The number of para-hydroxylation sites is 1. The van der Waals surface area contributed by atoms with E-state index < -0.39 is 0 Å². The number of benzene rings is 2. The zero-order chi connectivity index (χ0) is 15.0. The molecule has 0 fully saturated rings. The fourth-order valence-electron chi connectivity index (χ4n) is 2.88. The molecule has 3 nitrogen and oxygen atoms in total. The molecular formula is C18H17NO2. The molecule has 0 amide bonds. The number of methoxy groups -OCH3 is 1. The van der Waals surface area contributed by atoms with Gasteiger partial charge >= 0.3 is 0 Å². The summed E-state index contributed by atoms with van der Waals surface area (Å²) in [6.07, 6.45) is 0. The van der Waals surface area contributed by atoms with Gasteiger partial charge in [-0.1, -0.05) is 18.2 Å². The molecule has 1 heterocycles. The van der Waals surface area contributed by atoms with E-state index >= 15 is 0 Å². The van der Waals surface area contributed by atoms with E-state index in [2.05, 4.69) is 4.57 Å². The Morgan fingerprint density at radius 3 is 2.33 bits per heavy atom. The van der Waals surface area contributed by atoms with E-state index in [9.17, 15) is 4.79 Å². The Morgan fingerprint density at radius 2 is 1.71 bits per heavy atom. The summed E-state index contributed by atoms with van der Waals surface area (Å²) in [5, 5.41) is 0.998. The van der Waals surface area contributed by atoms with Crippen molar-refractivity contribution in [2.24, 2.45) is 0 Å². The fraction of sp³-hybridized carbons (Fsp3) is 0.167. The Labute approximate surface area is 123 Å². The molecule has 0 saturated heterocycles. The number of aromatic nitrogens is 1. The molecular weight excluding hydrogens is 262 g/mol. The number of rotatable bonds is 3. The van der Waals surface area contributed by atoms with Crippen LogP contribution in [-0.2, 0) is 0 Å². The molecule has 2 aromatic carbocycles. The molecule has 0 bridgehead atoms. The van der Waals surface area contributed by atoms with Crippen LogP contribution in [0.4, 0.5) is 0 Å². The summed E-state index contributed by atoms with van der Waals surface area (Å²) in [6.45, 7) is 3.61. The first-order valence-electron chi connectivity index (χ1n) is 6.89. The minimum Gasteiger partial charge on any atom is -0.497 e. The molecule has 0 spiro atoms. The molecule has 3 heteroatoms. The van der Waals surface area contributed by atoms with Crippen LogP contribution in [0, 0.1) is 6.92 Å². The largest absolute Gasteiger partial charge is 0.497 e. The lowest BCUT2D eigenvalue weighted by Crippen LogP contribution is -1.99. The van der Waals surface area contributed by atoms with Gasteiger partial charge in [-0.3, -0.25) is 4.79 Å². The third-order valence-electron chi connectivity index (χ3n) is 3.79. The van der Waals surface area contributed by atoms with Gasteiger partial charge in [0.1, 0.15) is 5.75 Å². The fourth-order valence-corrected chi connectivity index (χ4v) is 2.88. The second-order valence-corrected chi connectivity index (χ2v) is 5.07. The van der Waals surface area contributed by atoms with E-state index in [1.165, 1.54) is 0 Å². The van der Waals surface area contributed by atoms with Gasteiger partial charge in [-0.15, -0.1) is 0 Å². The van der Waals surface area contributed by atoms with Crippen molar-refractivity contribution in [3.63, 3.8) is 0 Å². The van der Waals surface area contributed by atoms with Crippen molar-refractivity contribution in [2.75, 3.05) is 7.11 Å². The van der Waals surface area contributed by atoms with Gasteiger partial charge in [0.05, 0.1) is 12.6 Å². The molecule has 0 radical (unpaired) electrons. The van der Waals surface area contributed by atoms with Gasteiger partial charge in [-0.2, -0.15) is 0 Å². The van der Waals surface area contributed by atoms with Crippen LogP contribution in [0.1, 0.15) is 23.0 Å². The quantitative estimate of drug-likeness (QED) is 0.674. The third-order valence-corrected chi connectivity index (χ3v) is 3.79. The number of Topliss-reactive ketones (excluding diaryl/α,β-unsaturated/α-hetero) is 1. The molecule has 0 N–H and O–H groups in total. The minimum absolute atomic E-state index is 0.0935. The third kappa shape index (κ3) is 2.11. The van der Waals surface area contributed by atoms with E-state index in [1.54, 1.807) is 14.0 Å². The van der Waals surface area contributed by atoms with Crippen LogP contribution in [0.3, 0.4) is 0 Å². The summed E-state index contributed by atoms with van der Waals surface area (Å²) < 4.78 is 7.32. The van der Waals surface area contributed by atoms with Crippen LogP contribution in [0.2, 0.25) is 0 Å². The average molecular weight is 279 g/mol. The number of carbonyl (C=O) groups is 1. The molecule has 21 heavy (non-hydrogen) atoms. The Kier molecular flexibility index (Phi) is 3.26. The second-order valence-electron chi connectivity index (χ2n) is 5.07. The number of hydrogen-bond acceptors (Lipinski definition) is 2. The summed E-state index contributed by atoms with van der Waals surface area (Å²) in [5.41, 5.74) is 3.83. The van der Waals surface area contributed by atoms with Crippen molar-refractivity contribution >= 4 is 16.7 Å². The van der Waals surface area contributed by atoms with Gasteiger partial charge in [0, 0.05) is 22.3 Å². The first-order valence-corrected chi connectivity index (χ1v) is 6.89. The predicted molar refractivity (Wildman–Crippen MR) is 84.6 cm³/mol. The molecule has 106 valence electrons. The van der Waals surface area contributed by atoms with Gasteiger partial charge in [-0.05, 0) is 44.2 Å². The molecule has 3 aromatic rings. The van der Waals surface area contributed by atoms with E-state index in [0.29, 0.717) is 0 Å². The first kappa shape index (κ1) is 13.4. The lowest BCUT2D eigenvalue weighted by molar-refractivity contribution is 0.101. The van der Waals surface area contributed by atoms with E-state index in [-0.39, 0.29) is 5.78 Å². The van der Waals surface area contributed by atoms with Crippen LogP contribution in [0.25, 0.3) is 16.6 Å². The molecule has 0 aliphatic rings. The van der Waals surface area contributed by atoms with Gasteiger partial charge in [0.25, 0.3) is 0 Å². The second kappa shape index (κ2) is 5.09. The predicted octanol–water partition coefficient (Wildman–Crippen LogP) is 4.15. The number of nitrogens with zero attached hydrogens (tertiary/aromatic N) is 1. The van der Waals surface area contributed by atoms with E-state index in [4.69, 9.17) is 4.74 Å². The Balaban J connectivity index is 2.31. The molecule has 0 unspecified atom stereocenters. The lowest BCUT2D eigenvalue weighted by atomic mass is 10.1. The topological polar surface area (TPSA) is 31.2 Å². The standard InChI is InChI=1S/C18H17NO2/c1-12-18(13(2)20)16-6-4-5-7-17(16)19(12)14-8-10-15(21-3)11-9-14/h4-11H,1-3H3. The number of ether oxygens (including phenoxy) is 1. The molecule has 0 saturated carbocycles. The Hall–Kier alpha value is -2.55. The maximum absolute atomic E-state index is 12.0. The molecule has 0 atom stereocenters. The summed E-state index contributed by atoms with van der Waals surface area (Å²) in [4.78, 5) is 12.0. The Morgan fingerprint density at radius 1 is 1.05 bits per heavy atom. The van der Waals surface area contributed by atoms with Gasteiger partial charge in [-0.25, -0.2) is 0 Å². The maximum Gasteiger partial charge on any atom is 0.162 e. The summed E-state index contributed by atoms with van der Waals surface area (Å²) >= 11 is 0. The summed E-state index contributed by atoms with van der Waals surface area (Å²) in [6, 6.07) is 15.9. The maximum atomic E-state index is 12.0. The monoisotopic (exact) mass is 279 g/mol. The highest BCUT2D eigenvalue weighted by Gasteiger charge is 2.17. The van der Waals surface area contributed by atoms with Crippen molar-refractivity contribution in [3.8, 4) is 11.4 Å². The van der Waals surface area contributed by atoms with E-state index in [0.717, 1.165) is 33.6 Å². The van der Waals surface area contributed by atoms with Crippen molar-refractivity contribution in [2.45, 2.75) is 13.8 Å². The Bertz CT molecular complexity index is 813. The number of hydrogen-bond donors (Lipinski definition) is 0. The summed E-state index contributed by atoms with van der Waals surface area (Å²) in [7, 11) is 1.65. The zero-order valence-corrected chi connectivity index (χ0v) is 12.4. The van der Waals surface area contributed by atoms with Crippen molar-refractivity contribution in [1.82, 2.24) is 4.57 Å². The van der Waals surface area contributed by atoms with Crippen LogP contribution in [0.15, 0.2) is 48.5 Å². The lowest BCUT2D eigenvalue weighted by Gasteiger charge is -2.09. The molecule has 0 aliphatic heterocycles. The number of fused-ring (bicyclic) bond motifs is 1. The van der Waals surface area contributed by atoms with Crippen LogP contribution < -0.4 is 4.74 Å². The minimum atomic E-state index is 0.0935. The van der Waals surface area contributed by atoms with Crippen molar-refractivity contribution < 1.29 is 9.53 Å². The number of ketones is 1. The normalized spacial score (nSPS) is 10.8. The number of carbonyl (C=O) groups excluding carboxylic acids is 1. The van der Waals surface area contributed by atoms with Crippen molar-refractivity contribution in [3.05, 3.63) is 59.8 Å². The molecule has 3 rings (SSSR count). The van der Waals surface area contributed by atoms with Gasteiger partial charge < -0.3 is 9.30 Å². The molecule has 0 aliphatic carbocycles. The average Bonchev–Trinajstić information content (AvgIpc) is 2.79. The highest BCUT2D eigenvalue weighted by atomic mass is 16.5. The SMILES string of the molecule is COc1ccc(-n2c(C)c(C(C)=O)c3ccccc32)cc1. The van der Waals surface area contributed by atoms with E-state index in [1.807, 2.05) is 55.5 Å². The van der Waals surface area contributed by atoms with Crippen LogP contribution in [0.5, 0.6) is 5.75 Å². The van der Waals surface area contributed by atoms with Gasteiger partial charge in [0.15, 0.2) is 5.78 Å². The molecule has 1 aromatic heterocycles. The highest BCUT2D eigenvalue weighted by Crippen LogP contribution is 2.30. The van der Waals surface area contributed by atoms with Crippen molar-refractivity contribution in [1.29, 1.82) is 0 Å². The highest BCUT2D eigenvalue weighted by molar-refractivity contribution is 6.08. The van der Waals surface area contributed by atoms with Crippen LogP contribution >= 0.6 is 0 Å². The van der Waals surface area contributed by atoms with Gasteiger partial charge in [0.2, 0.25) is 0 Å². The first-order chi connectivity index (χ1) is 10.1. The van der Waals surface area contributed by atoms with Crippen LogP contribution in [-0.4, -0.2) is 17.5 Å². The smallest absolute Gasteiger partial charge is 0.162 e.